The van der Waals surface area contributed by atoms with Gasteiger partial charge in [0.25, 0.3) is 0 Å². The SMILES string of the molecule is COc1ccc(CCNCC(C)C)cc1C#N. The van der Waals surface area contributed by atoms with Crippen LogP contribution in [0.25, 0.3) is 0 Å². The van der Waals surface area contributed by atoms with Gasteiger partial charge in [0.2, 0.25) is 0 Å². The maximum atomic E-state index is 8.97. The third-order valence-electron chi connectivity index (χ3n) is 2.53. The second kappa shape index (κ2) is 6.93. The molecule has 0 spiro atoms. The van der Waals surface area contributed by atoms with E-state index in [0.717, 1.165) is 19.5 Å². The minimum Gasteiger partial charge on any atom is -0.495 e. The fourth-order valence-corrected chi connectivity index (χ4v) is 1.62. The van der Waals surface area contributed by atoms with Gasteiger partial charge in [0.1, 0.15) is 11.8 Å². The molecule has 17 heavy (non-hydrogen) atoms. The van der Waals surface area contributed by atoms with Crippen molar-refractivity contribution in [3.8, 4) is 11.8 Å². The zero-order valence-corrected chi connectivity index (χ0v) is 10.8. The van der Waals surface area contributed by atoms with Gasteiger partial charge in [-0.05, 0) is 43.1 Å². The van der Waals surface area contributed by atoms with Gasteiger partial charge in [-0.15, -0.1) is 0 Å². The highest BCUT2D eigenvalue weighted by Crippen LogP contribution is 2.18. The Hall–Kier alpha value is -1.53. The normalized spacial score (nSPS) is 10.3. The highest BCUT2D eigenvalue weighted by Gasteiger charge is 2.03. The van der Waals surface area contributed by atoms with Gasteiger partial charge in [-0.1, -0.05) is 19.9 Å². The van der Waals surface area contributed by atoms with E-state index < -0.39 is 0 Å². The number of ether oxygens (including phenoxy) is 1. The molecular weight excluding hydrogens is 212 g/mol. The van der Waals surface area contributed by atoms with Crippen LogP contribution in [-0.2, 0) is 6.42 Å². The van der Waals surface area contributed by atoms with Crippen molar-refractivity contribution in [1.82, 2.24) is 5.32 Å². The molecule has 0 aliphatic carbocycles. The van der Waals surface area contributed by atoms with Crippen LogP contribution in [0.1, 0.15) is 25.0 Å². The molecule has 0 heterocycles. The van der Waals surface area contributed by atoms with Crippen molar-refractivity contribution in [2.24, 2.45) is 5.92 Å². The molecule has 0 saturated carbocycles. The van der Waals surface area contributed by atoms with Gasteiger partial charge in [0.15, 0.2) is 0 Å². The van der Waals surface area contributed by atoms with Crippen molar-refractivity contribution in [3.05, 3.63) is 29.3 Å². The smallest absolute Gasteiger partial charge is 0.136 e. The summed E-state index contributed by atoms with van der Waals surface area (Å²) in [6, 6.07) is 7.92. The van der Waals surface area contributed by atoms with E-state index in [9.17, 15) is 0 Å². The van der Waals surface area contributed by atoms with Gasteiger partial charge >= 0.3 is 0 Å². The summed E-state index contributed by atoms with van der Waals surface area (Å²) in [6.45, 7) is 6.35. The molecule has 1 aromatic carbocycles. The molecule has 3 heteroatoms. The van der Waals surface area contributed by atoms with Gasteiger partial charge in [0, 0.05) is 0 Å². The number of hydrogen-bond donors (Lipinski definition) is 1. The lowest BCUT2D eigenvalue weighted by Gasteiger charge is -2.08. The highest BCUT2D eigenvalue weighted by atomic mass is 16.5. The molecule has 92 valence electrons. The topological polar surface area (TPSA) is 45.0 Å². The first-order valence-corrected chi connectivity index (χ1v) is 5.95. The largest absolute Gasteiger partial charge is 0.495 e. The molecule has 0 bridgehead atoms. The maximum Gasteiger partial charge on any atom is 0.136 e. The number of nitrogens with one attached hydrogen (secondary N) is 1. The van der Waals surface area contributed by atoms with Crippen LogP contribution < -0.4 is 10.1 Å². The molecule has 0 amide bonds. The van der Waals surface area contributed by atoms with Gasteiger partial charge in [-0.3, -0.25) is 0 Å². The molecule has 0 atom stereocenters. The summed E-state index contributed by atoms with van der Waals surface area (Å²) in [5.74, 6) is 1.31. The van der Waals surface area contributed by atoms with Crippen molar-refractivity contribution in [1.29, 1.82) is 5.26 Å². The highest BCUT2D eigenvalue weighted by molar-refractivity contribution is 5.45. The van der Waals surface area contributed by atoms with Crippen LogP contribution in [0.5, 0.6) is 5.75 Å². The fraction of sp³-hybridized carbons (Fsp3) is 0.500. The van der Waals surface area contributed by atoms with Gasteiger partial charge in [-0.25, -0.2) is 0 Å². The second-order valence-corrected chi connectivity index (χ2v) is 4.49. The molecule has 1 aromatic rings. The molecule has 0 aliphatic heterocycles. The Balaban J connectivity index is 2.52. The van der Waals surface area contributed by atoms with Crippen molar-refractivity contribution < 1.29 is 4.74 Å². The number of nitriles is 1. The third-order valence-corrected chi connectivity index (χ3v) is 2.53. The van der Waals surface area contributed by atoms with Gasteiger partial charge in [0.05, 0.1) is 12.7 Å². The van der Waals surface area contributed by atoms with E-state index in [2.05, 4.69) is 25.2 Å². The molecule has 0 aliphatic rings. The number of methoxy groups -OCH3 is 1. The van der Waals surface area contributed by atoms with Crippen molar-refractivity contribution >= 4 is 0 Å². The lowest BCUT2D eigenvalue weighted by Crippen LogP contribution is -2.22. The van der Waals surface area contributed by atoms with Crippen LogP contribution in [0.2, 0.25) is 0 Å². The minimum absolute atomic E-state index is 0.605. The summed E-state index contributed by atoms with van der Waals surface area (Å²) in [4.78, 5) is 0. The van der Waals surface area contributed by atoms with E-state index in [1.807, 2.05) is 18.2 Å². The Bertz CT molecular complexity index is 394. The van der Waals surface area contributed by atoms with E-state index in [0.29, 0.717) is 17.2 Å². The van der Waals surface area contributed by atoms with Crippen LogP contribution in [0.15, 0.2) is 18.2 Å². The lowest BCUT2D eigenvalue weighted by molar-refractivity contribution is 0.413. The number of benzene rings is 1. The van der Waals surface area contributed by atoms with Crippen molar-refractivity contribution in [2.45, 2.75) is 20.3 Å². The monoisotopic (exact) mass is 232 g/mol. The first-order chi connectivity index (χ1) is 8.17. The minimum atomic E-state index is 0.605. The van der Waals surface area contributed by atoms with Crippen LogP contribution in [-0.4, -0.2) is 20.2 Å². The molecule has 1 rings (SSSR count). The summed E-state index contributed by atoms with van der Waals surface area (Å²) < 4.78 is 5.11. The van der Waals surface area contributed by atoms with E-state index in [1.54, 1.807) is 7.11 Å². The summed E-state index contributed by atoms with van der Waals surface area (Å²) in [7, 11) is 1.58. The Morgan fingerprint density at radius 3 is 2.76 bits per heavy atom. The standard InChI is InChI=1S/C14H20N2O/c1-11(2)10-16-7-6-12-4-5-14(17-3)13(8-12)9-15/h4-5,8,11,16H,6-7,10H2,1-3H3. The number of hydrogen-bond acceptors (Lipinski definition) is 3. The van der Waals surface area contributed by atoms with Gasteiger partial charge < -0.3 is 10.1 Å². The van der Waals surface area contributed by atoms with E-state index >= 15 is 0 Å². The first-order valence-electron chi connectivity index (χ1n) is 5.95. The van der Waals surface area contributed by atoms with E-state index in [-0.39, 0.29) is 0 Å². The maximum absolute atomic E-state index is 8.97. The van der Waals surface area contributed by atoms with E-state index in [1.165, 1.54) is 5.56 Å². The predicted molar refractivity (Wildman–Crippen MR) is 69.1 cm³/mol. The zero-order valence-electron chi connectivity index (χ0n) is 10.8. The van der Waals surface area contributed by atoms with Crippen molar-refractivity contribution in [3.63, 3.8) is 0 Å². The van der Waals surface area contributed by atoms with Crippen LogP contribution >= 0.6 is 0 Å². The molecule has 3 nitrogen and oxygen atoms in total. The first kappa shape index (κ1) is 13.5. The Morgan fingerprint density at radius 2 is 2.18 bits per heavy atom. The second-order valence-electron chi connectivity index (χ2n) is 4.49. The molecule has 0 saturated heterocycles. The quantitative estimate of drug-likeness (QED) is 0.766. The molecule has 0 aromatic heterocycles. The van der Waals surface area contributed by atoms with Crippen LogP contribution in [0.4, 0.5) is 0 Å². The molecule has 1 N–H and O–H groups in total. The third kappa shape index (κ3) is 4.46. The number of rotatable bonds is 6. The fourth-order valence-electron chi connectivity index (χ4n) is 1.62. The summed E-state index contributed by atoms with van der Waals surface area (Å²) in [6.07, 6.45) is 0.936. The summed E-state index contributed by atoms with van der Waals surface area (Å²) in [5.41, 5.74) is 1.77. The van der Waals surface area contributed by atoms with Gasteiger partial charge in [-0.2, -0.15) is 5.26 Å². The van der Waals surface area contributed by atoms with E-state index in [4.69, 9.17) is 10.00 Å². The Morgan fingerprint density at radius 1 is 1.41 bits per heavy atom. The lowest BCUT2D eigenvalue weighted by atomic mass is 10.1. The molecule has 0 radical (unpaired) electrons. The number of nitrogens with zero attached hydrogens (tertiary/aromatic N) is 1. The molecule has 0 unspecified atom stereocenters. The zero-order chi connectivity index (χ0) is 12.7. The van der Waals surface area contributed by atoms with Crippen LogP contribution in [0.3, 0.4) is 0 Å². The average Bonchev–Trinajstić information content (AvgIpc) is 2.34. The Labute approximate surface area is 103 Å². The summed E-state index contributed by atoms with van der Waals surface area (Å²) in [5, 5.41) is 12.4. The molecular formula is C14H20N2O. The predicted octanol–water partition coefficient (Wildman–Crippen LogP) is 2.35. The molecule has 0 fully saturated rings. The Kier molecular flexibility index (Phi) is 5.51. The average molecular weight is 232 g/mol. The summed E-state index contributed by atoms with van der Waals surface area (Å²) >= 11 is 0. The van der Waals surface area contributed by atoms with Crippen molar-refractivity contribution in [2.75, 3.05) is 20.2 Å². The van der Waals surface area contributed by atoms with Crippen LogP contribution in [0, 0.1) is 17.2 Å².